The number of fused-ring (bicyclic) bond motifs is 4. The van der Waals surface area contributed by atoms with Crippen LogP contribution < -0.4 is 5.32 Å². The van der Waals surface area contributed by atoms with E-state index < -0.39 is 0 Å². The molecule has 1 saturated carbocycles. The average Bonchev–Trinajstić information content (AvgIpc) is 3.20. The molecule has 4 heterocycles. The third kappa shape index (κ3) is 2.51. The van der Waals surface area contributed by atoms with Crippen molar-refractivity contribution in [1.82, 2.24) is 24.6 Å². The van der Waals surface area contributed by atoms with Gasteiger partial charge in [-0.3, -0.25) is 10.00 Å². The van der Waals surface area contributed by atoms with E-state index in [4.69, 9.17) is 4.98 Å². The molecule has 0 atom stereocenters. The minimum Gasteiger partial charge on any atom is -0.366 e. The summed E-state index contributed by atoms with van der Waals surface area (Å²) < 4.78 is 2.44. The van der Waals surface area contributed by atoms with Gasteiger partial charge in [-0.05, 0) is 42.2 Å². The Bertz CT molecular complexity index is 1040. The van der Waals surface area contributed by atoms with Gasteiger partial charge in [-0.15, -0.1) is 0 Å². The fourth-order valence-electron chi connectivity index (χ4n) is 4.67. The maximum absolute atomic E-state index is 5.01. The van der Waals surface area contributed by atoms with Gasteiger partial charge >= 0.3 is 0 Å². The van der Waals surface area contributed by atoms with Crippen molar-refractivity contribution in [2.45, 2.75) is 38.3 Å². The van der Waals surface area contributed by atoms with Gasteiger partial charge in [0.15, 0.2) is 0 Å². The third-order valence-corrected chi connectivity index (χ3v) is 6.48. The highest BCUT2D eigenvalue weighted by Crippen LogP contribution is 2.30. The first-order valence-electron chi connectivity index (χ1n) is 10.1. The van der Waals surface area contributed by atoms with Crippen LogP contribution in [0.3, 0.4) is 0 Å². The summed E-state index contributed by atoms with van der Waals surface area (Å²) in [6.45, 7) is 4.18. The Morgan fingerprint density at radius 1 is 1.11 bits per heavy atom. The zero-order valence-corrected chi connectivity index (χ0v) is 15.4. The summed E-state index contributed by atoms with van der Waals surface area (Å²) >= 11 is 0. The maximum Gasteiger partial charge on any atom is 0.129 e. The summed E-state index contributed by atoms with van der Waals surface area (Å²) in [7, 11) is 0. The fourth-order valence-corrected chi connectivity index (χ4v) is 4.67. The summed E-state index contributed by atoms with van der Waals surface area (Å²) in [5, 5.41) is 10.5. The Kier molecular flexibility index (Phi) is 3.41. The van der Waals surface area contributed by atoms with Crippen LogP contribution >= 0.6 is 0 Å². The van der Waals surface area contributed by atoms with E-state index in [1.165, 1.54) is 41.7 Å². The van der Waals surface area contributed by atoms with Crippen molar-refractivity contribution in [3.63, 3.8) is 0 Å². The van der Waals surface area contributed by atoms with Crippen LogP contribution in [0.25, 0.3) is 22.7 Å². The van der Waals surface area contributed by atoms with Crippen LogP contribution in [-0.4, -0.2) is 50.3 Å². The molecule has 2 N–H and O–H groups in total. The lowest BCUT2D eigenvalue weighted by atomic mass is 9.91. The normalized spacial score (nSPS) is 20.4. The largest absolute Gasteiger partial charge is 0.366 e. The number of nitrogens with zero attached hydrogens (tertiary/aromatic N) is 4. The Balaban J connectivity index is 1.32. The molecule has 3 aliphatic rings. The molecule has 0 amide bonds. The van der Waals surface area contributed by atoms with Gasteiger partial charge in [-0.25, -0.2) is 4.98 Å². The second kappa shape index (κ2) is 5.96. The van der Waals surface area contributed by atoms with E-state index in [1.807, 2.05) is 6.20 Å². The molecule has 3 aromatic rings. The van der Waals surface area contributed by atoms with E-state index in [0.29, 0.717) is 0 Å². The van der Waals surface area contributed by atoms with Crippen LogP contribution in [0, 0.1) is 0 Å². The summed E-state index contributed by atoms with van der Waals surface area (Å²) in [5.74, 6) is 2.25. The van der Waals surface area contributed by atoms with Crippen molar-refractivity contribution < 1.29 is 0 Å². The van der Waals surface area contributed by atoms with Crippen molar-refractivity contribution in [3.05, 3.63) is 41.3 Å². The molecule has 6 rings (SSSR count). The smallest absolute Gasteiger partial charge is 0.129 e. The van der Waals surface area contributed by atoms with Crippen LogP contribution in [-0.2, 0) is 13.0 Å². The highest BCUT2D eigenvalue weighted by Gasteiger charge is 2.27. The molecule has 1 aliphatic carbocycles. The van der Waals surface area contributed by atoms with Gasteiger partial charge in [0.05, 0.1) is 17.2 Å². The van der Waals surface area contributed by atoms with Crippen molar-refractivity contribution in [2.24, 2.45) is 0 Å². The Morgan fingerprint density at radius 2 is 2.07 bits per heavy atom. The fraction of sp³-hybridized carbons (Fsp3) is 0.429. The second-order valence-corrected chi connectivity index (χ2v) is 7.98. The third-order valence-electron chi connectivity index (χ3n) is 6.48. The monoisotopic (exact) mass is 360 g/mol. The summed E-state index contributed by atoms with van der Waals surface area (Å²) in [6, 6.07) is 7.57. The van der Waals surface area contributed by atoms with Crippen LogP contribution in [0.2, 0.25) is 0 Å². The molecule has 1 fully saturated rings. The highest BCUT2D eigenvalue weighted by atomic mass is 15.2. The number of imidazole rings is 1. The lowest BCUT2D eigenvalue weighted by Gasteiger charge is -2.36. The SMILES string of the molecule is C1=C(c2ccc3c(c2)nc2n3CCN(C3CCC3)CC2)CNc2[nH]ncc21. The van der Waals surface area contributed by atoms with E-state index in [2.05, 4.69) is 49.3 Å². The van der Waals surface area contributed by atoms with Gasteiger partial charge in [0, 0.05) is 44.2 Å². The number of anilines is 1. The lowest BCUT2D eigenvalue weighted by Crippen LogP contribution is -2.41. The Hall–Kier alpha value is -2.60. The van der Waals surface area contributed by atoms with Gasteiger partial charge in [0.1, 0.15) is 11.6 Å². The minimum atomic E-state index is 0.810. The van der Waals surface area contributed by atoms with Crippen molar-refractivity contribution in [2.75, 3.05) is 25.0 Å². The lowest BCUT2D eigenvalue weighted by molar-refractivity contribution is 0.130. The zero-order chi connectivity index (χ0) is 17.8. The molecular weight excluding hydrogens is 336 g/mol. The summed E-state index contributed by atoms with van der Waals surface area (Å²) in [4.78, 5) is 7.69. The average molecular weight is 360 g/mol. The van der Waals surface area contributed by atoms with Gasteiger partial charge < -0.3 is 9.88 Å². The van der Waals surface area contributed by atoms with Crippen molar-refractivity contribution >= 4 is 28.5 Å². The Morgan fingerprint density at radius 3 is 2.96 bits per heavy atom. The van der Waals surface area contributed by atoms with Gasteiger partial charge in [0.25, 0.3) is 0 Å². The van der Waals surface area contributed by atoms with Gasteiger partial charge in [-0.1, -0.05) is 12.5 Å². The van der Waals surface area contributed by atoms with E-state index in [9.17, 15) is 0 Å². The molecule has 0 saturated heterocycles. The van der Waals surface area contributed by atoms with Gasteiger partial charge in [-0.2, -0.15) is 5.10 Å². The molecule has 0 unspecified atom stereocenters. The van der Waals surface area contributed by atoms with Crippen molar-refractivity contribution in [3.8, 4) is 0 Å². The van der Waals surface area contributed by atoms with E-state index >= 15 is 0 Å². The standard InChI is InChI=1S/C21H24N6/c1-2-17(3-1)26-7-6-20-24-18-11-14(4-5-19(18)27(20)9-8-26)15-10-16-13-23-25-21(16)22-12-15/h4-5,10-11,13,17H,1-3,6-9,12H2,(H2,22,23,25). The number of benzene rings is 1. The van der Waals surface area contributed by atoms with Gasteiger partial charge in [0.2, 0.25) is 0 Å². The van der Waals surface area contributed by atoms with Crippen LogP contribution in [0.4, 0.5) is 5.82 Å². The second-order valence-electron chi connectivity index (χ2n) is 7.98. The molecule has 6 nitrogen and oxygen atoms in total. The van der Waals surface area contributed by atoms with Crippen LogP contribution in [0.5, 0.6) is 0 Å². The zero-order valence-electron chi connectivity index (χ0n) is 15.4. The van der Waals surface area contributed by atoms with Crippen LogP contribution in [0.1, 0.15) is 36.2 Å². The Labute approximate surface area is 158 Å². The van der Waals surface area contributed by atoms with Crippen LogP contribution in [0.15, 0.2) is 24.4 Å². The molecule has 27 heavy (non-hydrogen) atoms. The summed E-state index contributed by atoms with van der Waals surface area (Å²) in [6.07, 6.45) is 9.31. The predicted octanol–water partition coefficient (Wildman–Crippen LogP) is 3.14. The quantitative estimate of drug-likeness (QED) is 0.737. The van der Waals surface area contributed by atoms with E-state index in [1.54, 1.807) is 0 Å². The molecule has 2 aromatic heterocycles. The molecule has 0 bridgehead atoms. The number of aromatic amines is 1. The molecule has 138 valence electrons. The number of hydrogen-bond acceptors (Lipinski definition) is 4. The number of H-pyrrole nitrogens is 1. The molecule has 0 spiro atoms. The van der Waals surface area contributed by atoms with E-state index in [-0.39, 0.29) is 0 Å². The maximum atomic E-state index is 5.01. The van der Waals surface area contributed by atoms with E-state index in [0.717, 1.165) is 55.5 Å². The molecule has 6 heteroatoms. The first-order valence-corrected chi connectivity index (χ1v) is 10.1. The summed E-state index contributed by atoms with van der Waals surface area (Å²) in [5.41, 5.74) is 6.04. The number of nitrogens with one attached hydrogen (secondary N) is 2. The topological polar surface area (TPSA) is 61.8 Å². The number of hydrogen-bond donors (Lipinski definition) is 2. The first kappa shape index (κ1) is 15.5. The molecule has 1 aromatic carbocycles. The number of rotatable bonds is 2. The minimum absolute atomic E-state index is 0.810. The first-order chi connectivity index (χ1) is 13.3. The van der Waals surface area contributed by atoms with Crippen molar-refractivity contribution in [1.29, 1.82) is 0 Å². The number of aromatic nitrogens is 4. The predicted molar refractivity (Wildman–Crippen MR) is 108 cm³/mol. The molecular formula is C21H24N6. The molecule has 0 radical (unpaired) electrons. The highest BCUT2D eigenvalue weighted by molar-refractivity contribution is 5.92. The molecule has 2 aliphatic heterocycles.